The molecule has 1 aliphatic rings. The number of halogens is 2. The zero-order chi connectivity index (χ0) is 32.8. The van der Waals surface area contributed by atoms with E-state index in [0.29, 0.717) is 43.2 Å². The zero-order valence-corrected chi connectivity index (χ0v) is 27.5. The second-order valence-corrected chi connectivity index (χ2v) is 9.94. The van der Waals surface area contributed by atoms with Gasteiger partial charge in [0.1, 0.15) is 12.1 Å². The molecule has 0 aromatic heterocycles. The fourth-order valence-electron chi connectivity index (χ4n) is 4.67. The Bertz CT molecular complexity index is 1150. The standard InChI is InChI=1S/C16H21NO2.C14H20ClFN2O2.C2H6.C2H2/c1-3-15(16(4-2)17-7-8-18)12-5-6-13-10-19-11-14(13)9-12;1-18(2)8-4-5-12(20-3)13-11(17-9-19)7-6-10(15)14(13)16;2*1-2/h4-6,8-9,15,17H,3,7,10-11H2,1-2H3;6-7,9,12H,4-5,8H2,1-3H3,(H,17,19);1-2H3;1-2H/b16-4-;;;. The Hall–Kier alpha value is -3.22. The monoisotopic (exact) mass is 617 g/mol. The molecule has 2 unspecified atom stereocenters. The highest BCUT2D eigenvalue weighted by Crippen LogP contribution is 2.35. The lowest BCUT2D eigenvalue weighted by atomic mass is 9.90. The summed E-state index contributed by atoms with van der Waals surface area (Å²) in [6.45, 7) is 10.9. The first-order valence-electron chi connectivity index (χ1n) is 14.5. The molecular formula is C34H49ClFN3O4. The minimum Gasteiger partial charge on any atom is -0.381 e. The number of nitrogens with one attached hydrogen (secondary N) is 2. The van der Waals surface area contributed by atoms with Gasteiger partial charge in [0, 0.05) is 30.0 Å². The number of carbonyl (C=O) groups is 2. The van der Waals surface area contributed by atoms with E-state index in [1.165, 1.54) is 29.9 Å². The number of nitrogens with zero attached hydrogens (tertiary/aromatic N) is 1. The maximum absolute atomic E-state index is 14.2. The molecule has 43 heavy (non-hydrogen) atoms. The third-order valence-electron chi connectivity index (χ3n) is 6.66. The smallest absolute Gasteiger partial charge is 0.211 e. The van der Waals surface area contributed by atoms with E-state index in [9.17, 15) is 14.0 Å². The largest absolute Gasteiger partial charge is 0.381 e. The van der Waals surface area contributed by atoms with Crippen molar-refractivity contribution in [3.05, 3.63) is 75.2 Å². The van der Waals surface area contributed by atoms with Gasteiger partial charge in [-0.15, -0.1) is 12.8 Å². The average molecular weight is 618 g/mol. The minimum atomic E-state index is -0.546. The highest BCUT2D eigenvalue weighted by atomic mass is 35.5. The summed E-state index contributed by atoms with van der Waals surface area (Å²) in [6, 6.07) is 9.57. The molecule has 0 fully saturated rings. The summed E-state index contributed by atoms with van der Waals surface area (Å²) in [6.07, 6.45) is 13.5. The molecule has 238 valence electrons. The molecule has 2 aromatic rings. The van der Waals surface area contributed by atoms with Gasteiger partial charge in [-0.2, -0.15) is 0 Å². The molecule has 2 aromatic carbocycles. The van der Waals surface area contributed by atoms with Gasteiger partial charge in [0.05, 0.1) is 30.9 Å². The van der Waals surface area contributed by atoms with Crippen LogP contribution in [-0.2, 0) is 32.3 Å². The Morgan fingerprint density at radius 1 is 1.16 bits per heavy atom. The molecule has 9 heteroatoms. The summed E-state index contributed by atoms with van der Waals surface area (Å²) >= 11 is 5.82. The number of terminal acetylenes is 1. The fourth-order valence-corrected chi connectivity index (χ4v) is 4.84. The Morgan fingerprint density at radius 2 is 1.84 bits per heavy atom. The quantitative estimate of drug-likeness (QED) is 0.172. The van der Waals surface area contributed by atoms with E-state index in [-0.39, 0.29) is 5.02 Å². The molecule has 1 aliphatic heterocycles. The van der Waals surface area contributed by atoms with Crippen LogP contribution in [0.15, 0.2) is 42.1 Å². The molecule has 7 nitrogen and oxygen atoms in total. The van der Waals surface area contributed by atoms with Crippen molar-refractivity contribution in [2.45, 2.75) is 72.2 Å². The lowest BCUT2D eigenvalue weighted by molar-refractivity contribution is -0.107. The van der Waals surface area contributed by atoms with E-state index >= 15 is 0 Å². The molecule has 0 bridgehead atoms. The van der Waals surface area contributed by atoms with E-state index < -0.39 is 11.9 Å². The minimum absolute atomic E-state index is 0.0195. The van der Waals surface area contributed by atoms with Crippen LogP contribution in [0, 0.1) is 18.7 Å². The maximum Gasteiger partial charge on any atom is 0.211 e. The molecule has 0 radical (unpaired) electrons. The van der Waals surface area contributed by atoms with Gasteiger partial charge < -0.3 is 29.8 Å². The highest BCUT2D eigenvalue weighted by Gasteiger charge is 2.22. The summed E-state index contributed by atoms with van der Waals surface area (Å²) in [5, 5.41) is 5.71. The van der Waals surface area contributed by atoms with Crippen LogP contribution >= 0.6 is 11.6 Å². The van der Waals surface area contributed by atoms with Crippen molar-refractivity contribution in [2.24, 2.45) is 0 Å². The van der Waals surface area contributed by atoms with Crippen molar-refractivity contribution >= 4 is 30.0 Å². The second kappa shape index (κ2) is 23.3. The summed E-state index contributed by atoms with van der Waals surface area (Å²) in [4.78, 5) is 23.2. The number of allylic oxidation sites excluding steroid dienone is 2. The number of methoxy groups -OCH3 is 1. The molecule has 0 spiro atoms. The number of ether oxygens (including phenoxy) is 2. The lowest BCUT2D eigenvalue weighted by Gasteiger charge is -2.21. The first-order valence-corrected chi connectivity index (χ1v) is 14.9. The Kier molecular flexibility index (Phi) is 21.5. The lowest BCUT2D eigenvalue weighted by Crippen LogP contribution is -2.21. The zero-order valence-electron chi connectivity index (χ0n) is 26.7. The van der Waals surface area contributed by atoms with Crippen molar-refractivity contribution in [3.8, 4) is 12.8 Å². The number of hydrogen-bond acceptors (Lipinski definition) is 6. The number of benzene rings is 2. The molecule has 3 rings (SSSR count). The summed E-state index contributed by atoms with van der Waals surface area (Å²) in [5.41, 5.74) is 5.68. The van der Waals surface area contributed by atoms with Gasteiger partial charge in [-0.3, -0.25) is 4.79 Å². The van der Waals surface area contributed by atoms with Gasteiger partial charge in [-0.1, -0.05) is 56.6 Å². The third-order valence-corrected chi connectivity index (χ3v) is 6.95. The van der Waals surface area contributed by atoms with E-state index in [4.69, 9.17) is 21.1 Å². The van der Waals surface area contributed by atoms with Gasteiger partial charge >= 0.3 is 0 Å². The molecule has 0 aliphatic carbocycles. The van der Waals surface area contributed by atoms with Crippen molar-refractivity contribution < 1.29 is 23.5 Å². The van der Waals surface area contributed by atoms with Gasteiger partial charge in [-0.05, 0) is 75.6 Å². The van der Waals surface area contributed by atoms with Crippen LogP contribution in [-0.4, -0.2) is 51.9 Å². The summed E-state index contributed by atoms with van der Waals surface area (Å²) in [5.74, 6) is -0.230. The van der Waals surface area contributed by atoms with Crippen molar-refractivity contribution in [1.29, 1.82) is 0 Å². The predicted molar refractivity (Wildman–Crippen MR) is 176 cm³/mol. The summed E-state index contributed by atoms with van der Waals surface area (Å²) in [7, 11) is 5.47. The molecule has 2 N–H and O–H groups in total. The number of amides is 1. The maximum atomic E-state index is 14.2. The predicted octanol–water partition coefficient (Wildman–Crippen LogP) is 7.26. The molecule has 2 atom stereocenters. The van der Waals surface area contributed by atoms with Crippen LogP contribution in [0.3, 0.4) is 0 Å². The number of carbonyl (C=O) groups excluding carboxylic acids is 2. The topological polar surface area (TPSA) is 79.9 Å². The van der Waals surface area contributed by atoms with Crippen molar-refractivity contribution in [3.63, 3.8) is 0 Å². The van der Waals surface area contributed by atoms with E-state index in [1.54, 1.807) is 6.07 Å². The number of anilines is 1. The van der Waals surface area contributed by atoms with Gasteiger partial charge in [0.25, 0.3) is 0 Å². The Labute approximate surface area is 263 Å². The Balaban J connectivity index is 0.000000736. The van der Waals surface area contributed by atoms with Crippen molar-refractivity contribution in [1.82, 2.24) is 10.2 Å². The summed E-state index contributed by atoms with van der Waals surface area (Å²) < 4.78 is 25.1. The van der Waals surface area contributed by atoms with Gasteiger partial charge in [-0.25, -0.2) is 4.39 Å². The first kappa shape index (κ1) is 39.8. The van der Waals surface area contributed by atoms with Crippen LogP contribution in [0.2, 0.25) is 5.02 Å². The molecule has 1 amide bonds. The van der Waals surface area contributed by atoms with Crippen LogP contribution in [0.25, 0.3) is 0 Å². The molecular weight excluding hydrogens is 569 g/mol. The molecule has 0 saturated heterocycles. The SMILES string of the molecule is C#C.C/C=C(\NCC=O)C(CC)c1ccc2c(c1)COC2.CC.COC(CCCN(C)C)c1c(NC=O)ccc(Cl)c1F. The second-order valence-electron chi connectivity index (χ2n) is 9.53. The van der Waals surface area contributed by atoms with E-state index in [2.05, 4.69) is 54.7 Å². The van der Waals surface area contributed by atoms with Crippen LogP contribution in [0.1, 0.15) is 81.2 Å². The normalized spacial score (nSPS) is 13.1. The van der Waals surface area contributed by atoms with E-state index in [0.717, 1.165) is 38.0 Å². The Morgan fingerprint density at radius 3 is 2.40 bits per heavy atom. The molecule has 0 saturated carbocycles. The van der Waals surface area contributed by atoms with Crippen LogP contribution in [0.4, 0.5) is 10.1 Å². The fraction of sp³-hybridized carbons (Fsp3) is 0.471. The van der Waals surface area contributed by atoms with Crippen LogP contribution in [0.5, 0.6) is 0 Å². The third kappa shape index (κ3) is 12.9. The first-order chi connectivity index (χ1) is 20.8. The number of fused-ring (bicyclic) bond motifs is 1. The van der Waals surface area contributed by atoms with Gasteiger partial charge in [0.15, 0.2) is 0 Å². The average Bonchev–Trinajstić information content (AvgIpc) is 3.50. The van der Waals surface area contributed by atoms with E-state index in [1.807, 2.05) is 39.8 Å². The molecule has 1 heterocycles. The highest BCUT2D eigenvalue weighted by molar-refractivity contribution is 6.30. The van der Waals surface area contributed by atoms with Gasteiger partial charge in [0.2, 0.25) is 6.41 Å². The van der Waals surface area contributed by atoms with Crippen molar-refractivity contribution in [2.75, 3.05) is 39.6 Å². The number of rotatable bonds is 14. The number of hydrogen-bond donors (Lipinski definition) is 2. The number of aldehydes is 1. The van der Waals surface area contributed by atoms with Crippen LogP contribution < -0.4 is 10.6 Å².